The highest BCUT2D eigenvalue weighted by atomic mass is 32.2. The normalized spacial score (nSPS) is 15.8. The number of aryl methyl sites for hydroxylation is 1. The standard InChI is InChI=1S/C18H24N2O6S/c1-11-8-9-14(27(3,24)25)10-15(11)17(22)26-12(2)16(21)20-18(23)19-13-6-4-5-7-13/h8-10,12-13H,4-7H2,1-3H3,(H2,19,20,21,23)/t12-/m1/s1. The number of amides is 3. The van der Waals surface area contributed by atoms with Crippen LogP contribution >= 0.6 is 0 Å². The zero-order chi connectivity index (χ0) is 20.2. The first-order valence-corrected chi connectivity index (χ1v) is 10.6. The molecule has 1 aliphatic carbocycles. The number of hydrogen-bond donors (Lipinski definition) is 2. The Morgan fingerprint density at radius 3 is 2.41 bits per heavy atom. The van der Waals surface area contributed by atoms with Gasteiger partial charge in [-0.3, -0.25) is 10.1 Å². The van der Waals surface area contributed by atoms with Crippen LogP contribution in [-0.2, 0) is 19.4 Å². The van der Waals surface area contributed by atoms with Crippen LogP contribution in [-0.4, -0.2) is 44.7 Å². The van der Waals surface area contributed by atoms with Crippen LogP contribution in [0.25, 0.3) is 0 Å². The van der Waals surface area contributed by atoms with Gasteiger partial charge in [0.1, 0.15) is 0 Å². The number of rotatable bonds is 5. The van der Waals surface area contributed by atoms with Gasteiger partial charge < -0.3 is 10.1 Å². The number of imide groups is 1. The third-order valence-corrected chi connectivity index (χ3v) is 5.55. The van der Waals surface area contributed by atoms with Crippen molar-refractivity contribution in [3.8, 4) is 0 Å². The molecule has 0 heterocycles. The van der Waals surface area contributed by atoms with Gasteiger partial charge in [0.2, 0.25) is 0 Å². The van der Waals surface area contributed by atoms with Crippen molar-refractivity contribution >= 4 is 27.7 Å². The lowest BCUT2D eigenvalue weighted by Gasteiger charge is -2.16. The minimum absolute atomic E-state index is 0.0203. The highest BCUT2D eigenvalue weighted by Gasteiger charge is 2.24. The van der Waals surface area contributed by atoms with Gasteiger partial charge in [-0.25, -0.2) is 18.0 Å². The van der Waals surface area contributed by atoms with E-state index in [2.05, 4.69) is 10.6 Å². The van der Waals surface area contributed by atoms with Crippen molar-refractivity contribution in [2.45, 2.75) is 56.6 Å². The number of sulfone groups is 1. The van der Waals surface area contributed by atoms with Crippen molar-refractivity contribution in [3.05, 3.63) is 29.3 Å². The Bertz CT molecular complexity index is 843. The number of ether oxygens (including phenoxy) is 1. The summed E-state index contributed by atoms with van der Waals surface area (Å²) >= 11 is 0. The Labute approximate surface area is 158 Å². The van der Waals surface area contributed by atoms with Crippen LogP contribution < -0.4 is 10.6 Å². The van der Waals surface area contributed by atoms with E-state index in [0.717, 1.165) is 31.9 Å². The number of benzene rings is 1. The molecule has 0 spiro atoms. The molecule has 1 aromatic rings. The van der Waals surface area contributed by atoms with Crippen molar-refractivity contribution in [1.82, 2.24) is 10.6 Å². The first-order valence-electron chi connectivity index (χ1n) is 8.71. The summed E-state index contributed by atoms with van der Waals surface area (Å²) in [7, 11) is -3.49. The Balaban J connectivity index is 1.98. The summed E-state index contributed by atoms with van der Waals surface area (Å²) in [5.74, 6) is -1.59. The smallest absolute Gasteiger partial charge is 0.339 e. The molecule has 8 nitrogen and oxygen atoms in total. The average Bonchev–Trinajstić information content (AvgIpc) is 3.06. The third kappa shape index (κ3) is 5.78. The fraction of sp³-hybridized carbons (Fsp3) is 0.500. The molecule has 2 N–H and O–H groups in total. The first-order chi connectivity index (χ1) is 12.6. The predicted molar refractivity (Wildman–Crippen MR) is 98.1 cm³/mol. The number of nitrogens with one attached hydrogen (secondary N) is 2. The highest BCUT2D eigenvalue weighted by Crippen LogP contribution is 2.18. The minimum atomic E-state index is -3.49. The molecule has 1 saturated carbocycles. The lowest BCUT2D eigenvalue weighted by Crippen LogP contribution is -2.47. The van der Waals surface area contributed by atoms with E-state index in [0.29, 0.717) is 5.56 Å². The predicted octanol–water partition coefficient (Wildman–Crippen LogP) is 1.71. The number of carbonyl (C=O) groups is 3. The van der Waals surface area contributed by atoms with E-state index >= 15 is 0 Å². The van der Waals surface area contributed by atoms with Gasteiger partial charge in [-0.1, -0.05) is 18.9 Å². The molecule has 148 valence electrons. The van der Waals surface area contributed by atoms with Crippen molar-refractivity contribution < 1.29 is 27.5 Å². The van der Waals surface area contributed by atoms with Crippen LogP contribution in [0.3, 0.4) is 0 Å². The molecule has 0 aliphatic heterocycles. The van der Waals surface area contributed by atoms with Gasteiger partial charge in [-0.15, -0.1) is 0 Å². The van der Waals surface area contributed by atoms with E-state index in [1.807, 2.05) is 0 Å². The maximum atomic E-state index is 12.3. The lowest BCUT2D eigenvalue weighted by atomic mass is 10.1. The molecule has 0 radical (unpaired) electrons. The molecule has 0 unspecified atom stereocenters. The molecule has 2 rings (SSSR count). The second-order valence-electron chi connectivity index (χ2n) is 6.74. The molecule has 1 atom stereocenters. The van der Waals surface area contributed by atoms with Gasteiger partial charge in [0.25, 0.3) is 5.91 Å². The summed E-state index contributed by atoms with van der Waals surface area (Å²) in [6.45, 7) is 2.97. The second kappa shape index (κ2) is 8.51. The van der Waals surface area contributed by atoms with Gasteiger partial charge in [0.05, 0.1) is 10.5 Å². The summed E-state index contributed by atoms with van der Waals surface area (Å²) in [6, 6.07) is 3.53. The maximum absolute atomic E-state index is 12.3. The summed E-state index contributed by atoms with van der Waals surface area (Å²) in [6.07, 6.45) is 3.65. The number of esters is 1. The third-order valence-electron chi connectivity index (χ3n) is 4.44. The molecule has 1 aromatic carbocycles. The van der Waals surface area contributed by atoms with E-state index in [4.69, 9.17) is 4.74 Å². The van der Waals surface area contributed by atoms with E-state index in [-0.39, 0.29) is 16.5 Å². The molecule has 1 fully saturated rings. The van der Waals surface area contributed by atoms with Crippen molar-refractivity contribution in [2.24, 2.45) is 0 Å². The van der Waals surface area contributed by atoms with Crippen LogP contribution in [0.4, 0.5) is 4.79 Å². The molecule has 0 saturated heterocycles. The van der Waals surface area contributed by atoms with Crippen molar-refractivity contribution in [2.75, 3.05) is 6.26 Å². The summed E-state index contributed by atoms with van der Waals surface area (Å²) in [4.78, 5) is 36.2. The Morgan fingerprint density at radius 2 is 1.81 bits per heavy atom. The fourth-order valence-corrected chi connectivity index (χ4v) is 3.48. The lowest BCUT2D eigenvalue weighted by molar-refractivity contribution is -0.127. The molecule has 0 bridgehead atoms. The topological polar surface area (TPSA) is 119 Å². The zero-order valence-corrected chi connectivity index (χ0v) is 16.4. The van der Waals surface area contributed by atoms with Crippen LogP contribution in [0.15, 0.2) is 23.1 Å². The number of hydrogen-bond acceptors (Lipinski definition) is 6. The molecular weight excluding hydrogens is 372 g/mol. The monoisotopic (exact) mass is 396 g/mol. The molecule has 9 heteroatoms. The number of urea groups is 1. The van der Waals surface area contributed by atoms with Gasteiger partial charge >= 0.3 is 12.0 Å². The van der Waals surface area contributed by atoms with E-state index in [9.17, 15) is 22.8 Å². The summed E-state index contributed by atoms with van der Waals surface area (Å²) < 4.78 is 28.4. The van der Waals surface area contributed by atoms with E-state index in [1.165, 1.54) is 25.1 Å². The van der Waals surface area contributed by atoms with Gasteiger partial charge in [-0.05, 0) is 44.4 Å². The minimum Gasteiger partial charge on any atom is -0.449 e. The second-order valence-corrected chi connectivity index (χ2v) is 8.76. The maximum Gasteiger partial charge on any atom is 0.339 e. The van der Waals surface area contributed by atoms with Crippen molar-refractivity contribution in [1.29, 1.82) is 0 Å². The summed E-state index contributed by atoms with van der Waals surface area (Å²) in [5, 5.41) is 4.86. The zero-order valence-electron chi connectivity index (χ0n) is 15.6. The fourth-order valence-electron chi connectivity index (χ4n) is 2.83. The Kier molecular flexibility index (Phi) is 6.59. The largest absolute Gasteiger partial charge is 0.449 e. The first kappa shape index (κ1) is 20.9. The van der Waals surface area contributed by atoms with Gasteiger partial charge in [0, 0.05) is 12.3 Å². The highest BCUT2D eigenvalue weighted by molar-refractivity contribution is 7.90. The molecule has 3 amide bonds. The van der Waals surface area contributed by atoms with Crippen LogP contribution in [0, 0.1) is 6.92 Å². The molecule has 1 aliphatic rings. The van der Waals surface area contributed by atoms with E-state index < -0.39 is 33.8 Å². The van der Waals surface area contributed by atoms with Crippen LogP contribution in [0.2, 0.25) is 0 Å². The quantitative estimate of drug-likeness (QED) is 0.732. The Morgan fingerprint density at radius 1 is 1.19 bits per heavy atom. The van der Waals surface area contributed by atoms with E-state index in [1.54, 1.807) is 6.92 Å². The average molecular weight is 396 g/mol. The number of carbonyl (C=O) groups excluding carboxylic acids is 3. The van der Waals surface area contributed by atoms with Crippen molar-refractivity contribution in [3.63, 3.8) is 0 Å². The van der Waals surface area contributed by atoms with Crippen LogP contribution in [0.5, 0.6) is 0 Å². The van der Waals surface area contributed by atoms with Gasteiger partial charge in [-0.2, -0.15) is 0 Å². The molecule has 0 aromatic heterocycles. The Hall–Kier alpha value is -2.42. The SMILES string of the molecule is Cc1ccc(S(C)(=O)=O)cc1C(=O)O[C@H](C)C(=O)NC(=O)NC1CCCC1. The molecular formula is C18H24N2O6S. The van der Waals surface area contributed by atoms with Gasteiger partial charge in [0.15, 0.2) is 15.9 Å². The molecule has 27 heavy (non-hydrogen) atoms. The summed E-state index contributed by atoms with van der Waals surface area (Å²) in [5.41, 5.74) is 0.562. The van der Waals surface area contributed by atoms with Crippen LogP contribution in [0.1, 0.15) is 48.5 Å².